The van der Waals surface area contributed by atoms with Crippen molar-refractivity contribution in [2.45, 2.75) is 45.1 Å². The van der Waals surface area contributed by atoms with E-state index >= 15 is 0 Å². The van der Waals surface area contributed by atoms with Gasteiger partial charge >= 0.3 is 0 Å². The van der Waals surface area contributed by atoms with Crippen molar-refractivity contribution < 1.29 is 4.79 Å². The lowest BCUT2D eigenvalue weighted by molar-refractivity contribution is 0.0908. The first-order valence-corrected chi connectivity index (χ1v) is 6.05. The van der Waals surface area contributed by atoms with Gasteiger partial charge in [0.05, 0.1) is 5.56 Å². The number of aromatic nitrogens is 1. The van der Waals surface area contributed by atoms with Gasteiger partial charge in [-0.05, 0) is 32.8 Å². The fourth-order valence-corrected chi connectivity index (χ4v) is 2.39. The Morgan fingerprint density at radius 3 is 2.71 bits per heavy atom. The molecular weight excluding hydrogens is 214 g/mol. The first-order valence-electron chi connectivity index (χ1n) is 6.05. The summed E-state index contributed by atoms with van der Waals surface area (Å²) in [6, 6.07) is 1.73. The van der Waals surface area contributed by atoms with Crippen LogP contribution in [0.25, 0.3) is 0 Å². The van der Waals surface area contributed by atoms with Crippen LogP contribution in [-0.4, -0.2) is 16.4 Å². The smallest absolute Gasteiger partial charge is 0.255 e. The van der Waals surface area contributed by atoms with Gasteiger partial charge in [-0.3, -0.25) is 9.78 Å². The van der Waals surface area contributed by atoms with Gasteiger partial charge in [-0.15, -0.1) is 0 Å². The first-order chi connectivity index (χ1) is 8.00. The molecule has 0 aliphatic heterocycles. The van der Waals surface area contributed by atoms with Crippen molar-refractivity contribution in [3.05, 3.63) is 23.5 Å². The summed E-state index contributed by atoms with van der Waals surface area (Å²) in [6.45, 7) is 3.95. The van der Waals surface area contributed by atoms with E-state index < -0.39 is 0 Å². The van der Waals surface area contributed by atoms with Crippen LogP contribution in [0, 0.1) is 6.92 Å². The average Bonchev–Trinajstić information content (AvgIpc) is 2.64. The molecule has 17 heavy (non-hydrogen) atoms. The van der Waals surface area contributed by atoms with Gasteiger partial charge < -0.3 is 11.1 Å². The highest BCUT2D eigenvalue weighted by molar-refractivity contribution is 5.99. The van der Waals surface area contributed by atoms with Crippen LogP contribution in [-0.2, 0) is 0 Å². The molecule has 4 nitrogen and oxygen atoms in total. The molecule has 0 spiro atoms. The minimum absolute atomic E-state index is 0.0750. The van der Waals surface area contributed by atoms with Gasteiger partial charge in [0.2, 0.25) is 0 Å². The van der Waals surface area contributed by atoms with Crippen molar-refractivity contribution in [2.24, 2.45) is 0 Å². The van der Waals surface area contributed by atoms with Crippen molar-refractivity contribution in [1.29, 1.82) is 0 Å². The van der Waals surface area contributed by atoms with E-state index in [0.717, 1.165) is 18.5 Å². The van der Waals surface area contributed by atoms with Gasteiger partial charge in [0.25, 0.3) is 5.91 Å². The van der Waals surface area contributed by atoms with Gasteiger partial charge in [-0.25, -0.2) is 0 Å². The summed E-state index contributed by atoms with van der Waals surface area (Å²) in [4.78, 5) is 16.2. The van der Waals surface area contributed by atoms with Crippen LogP contribution in [0.4, 0.5) is 5.69 Å². The topological polar surface area (TPSA) is 68.0 Å². The molecule has 1 heterocycles. The maximum atomic E-state index is 12.1. The predicted octanol–water partition coefficient (Wildman–Crippen LogP) is 2.03. The van der Waals surface area contributed by atoms with Crippen LogP contribution in [0.15, 0.2) is 12.3 Å². The standard InChI is InChI=1S/C13H19N3O/c1-9-7-11(14)10(8-15-9)12(17)16-13(2)5-3-4-6-13/h7-8H,3-6H2,1-2H3,(H2,14,15)(H,16,17). The lowest BCUT2D eigenvalue weighted by atomic mass is 10.00. The van der Waals surface area contributed by atoms with E-state index in [4.69, 9.17) is 5.73 Å². The fraction of sp³-hybridized carbons (Fsp3) is 0.538. The number of rotatable bonds is 2. The zero-order valence-corrected chi connectivity index (χ0v) is 10.4. The third-order valence-electron chi connectivity index (χ3n) is 3.44. The molecule has 1 aromatic rings. The predicted molar refractivity (Wildman–Crippen MR) is 67.7 cm³/mol. The molecule has 1 fully saturated rings. The number of nitrogens with one attached hydrogen (secondary N) is 1. The summed E-state index contributed by atoms with van der Waals surface area (Å²) < 4.78 is 0. The van der Waals surface area contributed by atoms with E-state index in [0.29, 0.717) is 11.3 Å². The maximum absolute atomic E-state index is 12.1. The molecule has 92 valence electrons. The highest BCUT2D eigenvalue weighted by Crippen LogP contribution is 2.29. The summed E-state index contributed by atoms with van der Waals surface area (Å²) in [5.41, 5.74) is 7.56. The number of amides is 1. The molecule has 0 saturated heterocycles. The second-order valence-electron chi connectivity index (χ2n) is 5.13. The van der Waals surface area contributed by atoms with Gasteiger partial charge in [0.1, 0.15) is 0 Å². The zero-order chi connectivity index (χ0) is 12.5. The lowest BCUT2D eigenvalue weighted by Crippen LogP contribution is -2.43. The van der Waals surface area contributed by atoms with Gasteiger partial charge in [0.15, 0.2) is 0 Å². The number of hydrogen-bond acceptors (Lipinski definition) is 3. The molecule has 2 rings (SSSR count). The molecule has 1 aromatic heterocycles. The number of pyridine rings is 1. The molecule has 0 bridgehead atoms. The van der Waals surface area contributed by atoms with E-state index in [1.165, 1.54) is 12.8 Å². The summed E-state index contributed by atoms with van der Waals surface area (Å²) in [6.07, 6.45) is 5.99. The summed E-state index contributed by atoms with van der Waals surface area (Å²) in [7, 11) is 0. The fourth-order valence-electron chi connectivity index (χ4n) is 2.39. The minimum atomic E-state index is -0.112. The lowest BCUT2D eigenvalue weighted by Gasteiger charge is -2.25. The third kappa shape index (κ3) is 2.57. The molecule has 3 N–H and O–H groups in total. The molecule has 1 amide bonds. The SMILES string of the molecule is Cc1cc(N)c(C(=O)NC2(C)CCCC2)cn1. The quantitative estimate of drug-likeness (QED) is 0.821. The van der Waals surface area contributed by atoms with Crippen LogP contribution in [0.3, 0.4) is 0 Å². The average molecular weight is 233 g/mol. The molecule has 1 saturated carbocycles. The Morgan fingerprint density at radius 2 is 2.12 bits per heavy atom. The Bertz CT molecular complexity index is 436. The number of nitrogens with two attached hydrogens (primary N) is 1. The highest BCUT2D eigenvalue weighted by Gasteiger charge is 2.30. The van der Waals surface area contributed by atoms with E-state index in [1.54, 1.807) is 12.3 Å². The summed E-state index contributed by atoms with van der Waals surface area (Å²) in [5, 5.41) is 3.07. The van der Waals surface area contributed by atoms with Crippen molar-refractivity contribution in [1.82, 2.24) is 10.3 Å². The van der Waals surface area contributed by atoms with Gasteiger partial charge in [0, 0.05) is 23.1 Å². The number of carbonyl (C=O) groups excluding carboxylic acids is 1. The number of carbonyl (C=O) groups is 1. The Balaban J connectivity index is 2.14. The summed E-state index contributed by atoms with van der Waals surface area (Å²) in [5.74, 6) is -0.112. The molecule has 0 unspecified atom stereocenters. The van der Waals surface area contributed by atoms with Crippen LogP contribution in [0.2, 0.25) is 0 Å². The molecular formula is C13H19N3O. The Kier molecular flexibility index (Phi) is 3.05. The van der Waals surface area contributed by atoms with Crippen LogP contribution in [0.1, 0.15) is 48.7 Å². The number of anilines is 1. The Hall–Kier alpha value is -1.58. The normalized spacial score (nSPS) is 18.0. The largest absolute Gasteiger partial charge is 0.398 e. The first kappa shape index (κ1) is 11.9. The highest BCUT2D eigenvalue weighted by atomic mass is 16.1. The van der Waals surface area contributed by atoms with Gasteiger partial charge in [-0.2, -0.15) is 0 Å². The Morgan fingerprint density at radius 1 is 1.47 bits per heavy atom. The van der Waals surface area contributed by atoms with Crippen LogP contribution in [0.5, 0.6) is 0 Å². The number of aryl methyl sites for hydroxylation is 1. The second-order valence-corrected chi connectivity index (χ2v) is 5.13. The second kappa shape index (κ2) is 4.35. The maximum Gasteiger partial charge on any atom is 0.255 e. The molecule has 1 aliphatic carbocycles. The Labute approximate surface area is 102 Å². The van der Waals surface area contributed by atoms with Crippen LogP contribution < -0.4 is 11.1 Å². The number of hydrogen-bond donors (Lipinski definition) is 2. The van der Waals surface area contributed by atoms with Crippen molar-refractivity contribution >= 4 is 11.6 Å². The molecule has 0 radical (unpaired) electrons. The number of nitrogens with zero attached hydrogens (tertiary/aromatic N) is 1. The summed E-state index contributed by atoms with van der Waals surface area (Å²) >= 11 is 0. The molecule has 0 atom stereocenters. The van der Waals surface area contributed by atoms with E-state index in [9.17, 15) is 4.79 Å². The minimum Gasteiger partial charge on any atom is -0.398 e. The third-order valence-corrected chi connectivity index (χ3v) is 3.44. The monoisotopic (exact) mass is 233 g/mol. The van der Waals surface area contributed by atoms with E-state index in [2.05, 4.69) is 17.2 Å². The van der Waals surface area contributed by atoms with E-state index in [1.807, 2.05) is 6.92 Å². The molecule has 0 aromatic carbocycles. The molecule has 1 aliphatic rings. The van der Waals surface area contributed by atoms with E-state index in [-0.39, 0.29) is 11.4 Å². The van der Waals surface area contributed by atoms with Crippen LogP contribution >= 0.6 is 0 Å². The number of nitrogen functional groups attached to an aromatic ring is 1. The van der Waals surface area contributed by atoms with Crippen molar-refractivity contribution in [2.75, 3.05) is 5.73 Å². The molecule has 4 heteroatoms. The van der Waals surface area contributed by atoms with Gasteiger partial charge in [-0.1, -0.05) is 12.8 Å². The van der Waals surface area contributed by atoms with Crippen molar-refractivity contribution in [3.63, 3.8) is 0 Å². The zero-order valence-electron chi connectivity index (χ0n) is 10.4. The van der Waals surface area contributed by atoms with Crippen molar-refractivity contribution in [3.8, 4) is 0 Å².